The summed E-state index contributed by atoms with van der Waals surface area (Å²) in [5.41, 5.74) is 0.171. The smallest absolute Gasteiger partial charge is 0.339 e. The number of methoxy groups -OCH3 is 1. The van der Waals surface area contributed by atoms with Crippen molar-refractivity contribution in [1.29, 1.82) is 0 Å². The number of sulfonamides is 1. The van der Waals surface area contributed by atoms with Gasteiger partial charge in [-0.1, -0.05) is 0 Å². The Balaban J connectivity index is 2.06. The molecular weight excluding hydrogens is 374 g/mol. The minimum absolute atomic E-state index is 0.0310. The number of nitrogens with one attached hydrogen (secondary N) is 1. The van der Waals surface area contributed by atoms with Gasteiger partial charge in [-0.05, 0) is 53.4 Å². The molecule has 1 fully saturated rings. The standard InChI is InChI=1S/C14H18BrNO5S/c1-20-14(17)12-9-11(4-5-13(12)15)22(18,19)16-7-6-10-3-2-8-21-10/h4-5,9-10,16H,2-3,6-8H2,1H3. The Morgan fingerprint density at radius 3 is 2.91 bits per heavy atom. The second kappa shape index (κ2) is 7.54. The fraction of sp³-hybridized carbons (Fsp3) is 0.500. The van der Waals surface area contributed by atoms with Crippen LogP contribution in [0.4, 0.5) is 0 Å². The number of rotatable bonds is 6. The Bertz CT molecular complexity index is 641. The first-order valence-corrected chi connectivity index (χ1v) is 9.21. The highest BCUT2D eigenvalue weighted by atomic mass is 79.9. The molecule has 0 amide bonds. The van der Waals surface area contributed by atoms with Crippen molar-refractivity contribution in [2.45, 2.75) is 30.3 Å². The number of carbonyl (C=O) groups is 1. The first-order chi connectivity index (χ1) is 10.4. The Morgan fingerprint density at radius 2 is 2.27 bits per heavy atom. The molecule has 0 bridgehead atoms. The molecule has 0 aromatic heterocycles. The van der Waals surface area contributed by atoms with E-state index in [1.54, 1.807) is 0 Å². The quantitative estimate of drug-likeness (QED) is 0.750. The van der Waals surface area contributed by atoms with E-state index in [1.165, 1.54) is 25.3 Å². The van der Waals surface area contributed by atoms with E-state index in [0.717, 1.165) is 19.4 Å². The topological polar surface area (TPSA) is 81.7 Å². The molecule has 1 aliphatic heterocycles. The fourth-order valence-electron chi connectivity index (χ4n) is 2.25. The van der Waals surface area contributed by atoms with Crippen LogP contribution in [0.15, 0.2) is 27.6 Å². The molecule has 1 saturated heterocycles. The van der Waals surface area contributed by atoms with Gasteiger partial charge >= 0.3 is 5.97 Å². The van der Waals surface area contributed by atoms with E-state index in [9.17, 15) is 13.2 Å². The normalized spacial score (nSPS) is 18.4. The molecular formula is C14H18BrNO5S. The van der Waals surface area contributed by atoms with E-state index < -0.39 is 16.0 Å². The lowest BCUT2D eigenvalue weighted by molar-refractivity contribution is 0.0599. The van der Waals surface area contributed by atoms with Gasteiger partial charge in [0.1, 0.15) is 0 Å². The number of carbonyl (C=O) groups excluding carboxylic acids is 1. The number of hydrogen-bond acceptors (Lipinski definition) is 5. The highest BCUT2D eigenvalue weighted by molar-refractivity contribution is 9.10. The molecule has 0 saturated carbocycles. The second-order valence-corrected chi connectivity index (χ2v) is 7.58. The van der Waals surface area contributed by atoms with Gasteiger partial charge in [0, 0.05) is 17.6 Å². The highest BCUT2D eigenvalue weighted by Gasteiger charge is 2.20. The summed E-state index contributed by atoms with van der Waals surface area (Å²) in [4.78, 5) is 11.6. The van der Waals surface area contributed by atoms with E-state index in [-0.39, 0.29) is 16.6 Å². The Kier molecular flexibility index (Phi) is 5.96. The van der Waals surface area contributed by atoms with Gasteiger partial charge in [0.05, 0.1) is 23.7 Å². The van der Waals surface area contributed by atoms with E-state index >= 15 is 0 Å². The SMILES string of the molecule is COC(=O)c1cc(S(=O)(=O)NCCC2CCCO2)ccc1Br. The number of esters is 1. The minimum atomic E-state index is -3.67. The second-order valence-electron chi connectivity index (χ2n) is 4.95. The summed E-state index contributed by atoms with van der Waals surface area (Å²) in [6, 6.07) is 4.25. The Labute approximate surface area is 138 Å². The summed E-state index contributed by atoms with van der Waals surface area (Å²) in [7, 11) is -2.42. The van der Waals surface area contributed by atoms with Crippen molar-refractivity contribution in [3.63, 3.8) is 0 Å². The third kappa shape index (κ3) is 4.28. The zero-order valence-corrected chi connectivity index (χ0v) is 14.6. The van der Waals surface area contributed by atoms with Gasteiger partial charge in [0.15, 0.2) is 0 Å². The van der Waals surface area contributed by atoms with Crippen molar-refractivity contribution in [1.82, 2.24) is 4.72 Å². The number of halogens is 1. The minimum Gasteiger partial charge on any atom is -0.465 e. The summed E-state index contributed by atoms with van der Waals surface area (Å²) in [5.74, 6) is -0.594. The largest absolute Gasteiger partial charge is 0.465 e. The molecule has 0 radical (unpaired) electrons. The van der Waals surface area contributed by atoms with Crippen molar-refractivity contribution in [2.24, 2.45) is 0 Å². The van der Waals surface area contributed by atoms with Crippen molar-refractivity contribution < 1.29 is 22.7 Å². The van der Waals surface area contributed by atoms with Crippen molar-refractivity contribution in [3.05, 3.63) is 28.2 Å². The molecule has 1 unspecified atom stereocenters. The van der Waals surface area contributed by atoms with E-state index in [0.29, 0.717) is 17.4 Å². The van der Waals surface area contributed by atoms with Gasteiger partial charge in [0.2, 0.25) is 10.0 Å². The van der Waals surface area contributed by atoms with Crippen molar-refractivity contribution >= 4 is 31.9 Å². The lowest BCUT2D eigenvalue weighted by atomic mass is 10.2. The van der Waals surface area contributed by atoms with Crippen LogP contribution in [-0.4, -0.2) is 40.8 Å². The third-order valence-electron chi connectivity index (χ3n) is 3.44. The molecule has 1 heterocycles. The van der Waals surface area contributed by atoms with Crippen LogP contribution in [0.3, 0.4) is 0 Å². The van der Waals surface area contributed by atoms with Crippen LogP contribution < -0.4 is 4.72 Å². The molecule has 1 N–H and O–H groups in total. The zero-order chi connectivity index (χ0) is 16.2. The molecule has 22 heavy (non-hydrogen) atoms. The lowest BCUT2D eigenvalue weighted by Gasteiger charge is -2.11. The molecule has 8 heteroatoms. The maximum atomic E-state index is 12.3. The number of benzene rings is 1. The Morgan fingerprint density at radius 1 is 1.50 bits per heavy atom. The average Bonchev–Trinajstić information content (AvgIpc) is 3.00. The van der Waals surface area contributed by atoms with E-state index in [2.05, 4.69) is 25.4 Å². The van der Waals surface area contributed by atoms with Crippen LogP contribution in [0.2, 0.25) is 0 Å². The zero-order valence-electron chi connectivity index (χ0n) is 12.2. The third-order valence-corrected chi connectivity index (χ3v) is 5.59. The summed E-state index contributed by atoms with van der Waals surface area (Å²) in [6.45, 7) is 1.04. The molecule has 1 aromatic rings. The molecule has 1 aromatic carbocycles. The van der Waals surface area contributed by atoms with Crippen LogP contribution in [0.25, 0.3) is 0 Å². The van der Waals surface area contributed by atoms with Gasteiger partial charge in [-0.2, -0.15) is 0 Å². The van der Waals surface area contributed by atoms with Crippen molar-refractivity contribution in [3.8, 4) is 0 Å². The predicted molar refractivity (Wildman–Crippen MR) is 84.3 cm³/mol. The summed E-state index contributed by atoms with van der Waals surface area (Å²) in [5, 5.41) is 0. The molecule has 6 nitrogen and oxygen atoms in total. The van der Waals surface area contributed by atoms with Crippen molar-refractivity contribution in [2.75, 3.05) is 20.3 Å². The molecule has 0 aliphatic carbocycles. The summed E-state index contributed by atoms with van der Waals surface area (Å²) < 4.78 is 37.6. The highest BCUT2D eigenvalue weighted by Crippen LogP contribution is 2.22. The van der Waals surface area contributed by atoms with Gasteiger partial charge in [-0.15, -0.1) is 0 Å². The average molecular weight is 392 g/mol. The van der Waals surface area contributed by atoms with Crippen LogP contribution in [-0.2, 0) is 19.5 Å². The molecule has 2 rings (SSSR count). The molecule has 0 spiro atoms. The van der Waals surface area contributed by atoms with Crippen LogP contribution >= 0.6 is 15.9 Å². The molecule has 122 valence electrons. The van der Waals surface area contributed by atoms with Crippen LogP contribution in [0.5, 0.6) is 0 Å². The molecule has 1 aliphatic rings. The monoisotopic (exact) mass is 391 g/mol. The fourth-order valence-corrected chi connectivity index (χ4v) is 3.73. The number of hydrogen-bond donors (Lipinski definition) is 1. The van der Waals surface area contributed by atoms with E-state index in [1.807, 2.05) is 0 Å². The van der Waals surface area contributed by atoms with Gasteiger partial charge in [-0.25, -0.2) is 17.9 Å². The predicted octanol–water partition coefficient (Wildman–Crippen LogP) is 2.08. The first-order valence-electron chi connectivity index (χ1n) is 6.93. The van der Waals surface area contributed by atoms with Crippen LogP contribution in [0, 0.1) is 0 Å². The maximum absolute atomic E-state index is 12.3. The maximum Gasteiger partial charge on any atom is 0.339 e. The van der Waals surface area contributed by atoms with E-state index in [4.69, 9.17) is 4.74 Å². The van der Waals surface area contributed by atoms with Crippen LogP contribution in [0.1, 0.15) is 29.6 Å². The van der Waals surface area contributed by atoms with Gasteiger partial charge in [-0.3, -0.25) is 0 Å². The first kappa shape index (κ1) is 17.4. The number of ether oxygens (including phenoxy) is 2. The molecule has 1 atom stereocenters. The Hall–Kier alpha value is -0.960. The summed E-state index contributed by atoms with van der Waals surface area (Å²) in [6.07, 6.45) is 2.75. The summed E-state index contributed by atoms with van der Waals surface area (Å²) >= 11 is 3.20. The van der Waals surface area contributed by atoms with Gasteiger partial charge in [0.25, 0.3) is 0 Å². The van der Waals surface area contributed by atoms with Gasteiger partial charge < -0.3 is 9.47 Å². The lowest BCUT2D eigenvalue weighted by Crippen LogP contribution is -2.27.